The molecule has 1 atom stereocenters. The summed E-state index contributed by atoms with van der Waals surface area (Å²) in [6.45, 7) is 0. The molecule has 3 aromatic rings. The van der Waals surface area contributed by atoms with Crippen LogP contribution in [-0.4, -0.2) is 9.97 Å². The van der Waals surface area contributed by atoms with Crippen LogP contribution in [0.4, 0.5) is 0 Å². The Morgan fingerprint density at radius 2 is 2.00 bits per heavy atom. The molecular weight excluding hydrogens is 272 g/mol. The lowest BCUT2D eigenvalue weighted by Gasteiger charge is -2.18. The van der Waals surface area contributed by atoms with Crippen molar-refractivity contribution in [2.75, 3.05) is 0 Å². The van der Waals surface area contributed by atoms with Crippen LogP contribution in [0.1, 0.15) is 17.2 Å². The molecule has 0 fully saturated rings. The van der Waals surface area contributed by atoms with E-state index < -0.39 is 0 Å². The molecule has 0 bridgehead atoms. The first-order chi connectivity index (χ1) is 9.79. The van der Waals surface area contributed by atoms with Crippen molar-refractivity contribution in [3.05, 3.63) is 71.3 Å². The summed E-state index contributed by atoms with van der Waals surface area (Å²) in [5.41, 5.74) is 4.85. The normalized spacial score (nSPS) is 12.5. The molecule has 4 nitrogen and oxygen atoms in total. The average Bonchev–Trinajstić information content (AvgIpc) is 2.50. The minimum absolute atomic E-state index is 0.160. The van der Waals surface area contributed by atoms with Crippen molar-refractivity contribution in [3.63, 3.8) is 0 Å². The van der Waals surface area contributed by atoms with Crippen molar-refractivity contribution in [2.45, 2.75) is 6.04 Å². The van der Waals surface area contributed by atoms with Crippen molar-refractivity contribution in [2.24, 2.45) is 5.84 Å². The van der Waals surface area contributed by atoms with E-state index >= 15 is 0 Å². The van der Waals surface area contributed by atoms with E-state index in [-0.39, 0.29) is 6.04 Å². The number of aromatic nitrogens is 2. The van der Waals surface area contributed by atoms with E-state index in [1.807, 2.05) is 36.5 Å². The number of hydrogen-bond donors (Lipinski definition) is 2. The van der Waals surface area contributed by atoms with Gasteiger partial charge >= 0.3 is 0 Å². The number of nitrogens with zero attached hydrogens (tertiary/aromatic N) is 2. The van der Waals surface area contributed by atoms with Crippen LogP contribution < -0.4 is 11.3 Å². The fraction of sp³-hybridized carbons (Fsp3) is 0.0667. The van der Waals surface area contributed by atoms with Crippen LogP contribution in [0, 0.1) is 0 Å². The molecular formula is C15H13ClN4. The van der Waals surface area contributed by atoms with Gasteiger partial charge in [-0.2, -0.15) is 0 Å². The third kappa shape index (κ3) is 2.36. The zero-order chi connectivity index (χ0) is 13.9. The molecule has 1 unspecified atom stereocenters. The Morgan fingerprint density at radius 3 is 2.75 bits per heavy atom. The third-order valence-corrected chi connectivity index (χ3v) is 3.50. The highest BCUT2D eigenvalue weighted by molar-refractivity contribution is 6.29. The largest absolute Gasteiger partial charge is 0.271 e. The molecule has 0 saturated heterocycles. The number of halogens is 1. The predicted molar refractivity (Wildman–Crippen MR) is 80.2 cm³/mol. The van der Waals surface area contributed by atoms with Crippen molar-refractivity contribution in [1.82, 2.24) is 15.4 Å². The number of nitrogens with two attached hydrogens (primary N) is 1. The first-order valence-electron chi connectivity index (χ1n) is 6.20. The lowest BCUT2D eigenvalue weighted by atomic mass is 9.96. The van der Waals surface area contributed by atoms with Crippen LogP contribution in [0.2, 0.25) is 5.15 Å². The maximum absolute atomic E-state index is 5.83. The second-order valence-corrected chi connectivity index (χ2v) is 4.85. The van der Waals surface area contributed by atoms with Crippen LogP contribution in [0.3, 0.4) is 0 Å². The van der Waals surface area contributed by atoms with Crippen molar-refractivity contribution in [3.8, 4) is 0 Å². The maximum Gasteiger partial charge on any atom is 0.129 e. The van der Waals surface area contributed by atoms with E-state index in [2.05, 4.69) is 15.4 Å². The molecule has 5 heteroatoms. The van der Waals surface area contributed by atoms with Gasteiger partial charge in [0.15, 0.2) is 0 Å². The van der Waals surface area contributed by atoms with Crippen molar-refractivity contribution >= 4 is 22.4 Å². The molecule has 0 aliphatic heterocycles. The molecule has 100 valence electrons. The molecule has 3 rings (SSSR count). The van der Waals surface area contributed by atoms with Crippen molar-refractivity contribution < 1.29 is 0 Å². The number of fused-ring (bicyclic) bond motifs is 1. The predicted octanol–water partition coefficient (Wildman–Crippen LogP) is 2.84. The average molecular weight is 285 g/mol. The van der Waals surface area contributed by atoms with Crippen LogP contribution >= 0.6 is 11.6 Å². The van der Waals surface area contributed by atoms with Gasteiger partial charge in [-0.25, -0.2) is 10.4 Å². The van der Waals surface area contributed by atoms with Crippen LogP contribution in [0.5, 0.6) is 0 Å². The highest BCUT2D eigenvalue weighted by Gasteiger charge is 2.15. The highest BCUT2D eigenvalue weighted by atomic mass is 35.5. The summed E-state index contributed by atoms with van der Waals surface area (Å²) in [6, 6.07) is 11.6. The second-order valence-electron chi connectivity index (χ2n) is 4.46. The molecule has 20 heavy (non-hydrogen) atoms. The summed E-state index contributed by atoms with van der Waals surface area (Å²) in [7, 11) is 0. The van der Waals surface area contributed by atoms with Gasteiger partial charge in [0.1, 0.15) is 5.15 Å². The van der Waals surface area contributed by atoms with Gasteiger partial charge in [0.25, 0.3) is 0 Å². The third-order valence-electron chi connectivity index (χ3n) is 3.28. The number of benzene rings is 1. The number of hydrogen-bond acceptors (Lipinski definition) is 4. The van der Waals surface area contributed by atoms with Gasteiger partial charge in [0.05, 0.1) is 6.04 Å². The Bertz CT molecular complexity index is 722. The van der Waals surface area contributed by atoms with Gasteiger partial charge in [-0.1, -0.05) is 35.9 Å². The Hall–Kier alpha value is -2.01. The number of rotatable bonds is 3. The van der Waals surface area contributed by atoms with Gasteiger partial charge in [-0.05, 0) is 28.6 Å². The van der Waals surface area contributed by atoms with Crippen LogP contribution in [0.25, 0.3) is 10.8 Å². The molecule has 0 amide bonds. The Morgan fingerprint density at radius 1 is 1.10 bits per heavy atom. The Labute approximate surface area is 121 Å². The first-order valence-corrected chi connectivity index (χ1v) is 6.57. The molecule has 2 heterocycles. The fourth-order valence-corrected chi connectivity index (χ4v) is 2.42. The van der Waals surface area contributed by atoms with E-state index in [0.29, 0.717) is 5.15 Å². The van der Waals surface area contributed by atoms with Gasteiger partial charge in [-0.3, -0.25) is 10.8 Å². The zero-order valence-electron chi connectivity index (χ0n) is 10.6. The monoisotopic (exact) mass is 284 g/mol. The molecule has 2 aromatic heterocycles. The Balaban J connectivity index is 2.14. The Kier molecular flexibility index (Phi) is 3.60. The van der Waals surface area contributed by atoms with Crippen molar-refractivity contribution in [1.29, 1.82) is 0 Å². The van der Waals surface area contributed by atoms with E-state index in [1.165, 1.54) is 0 Å². The fourth-order valence-electron chi connectivity index (χ4n) is 2.31. The number of nitrogens with one attached hydrogen (secondary N) is 1. The smallest absolute Gasteiger partial charge is 0.129 e. The zero-order valence-corrected chi connectivity index (χ0v) is 11.4. The summed E-state index contributed by atoms with van der Waals surface area (Å²) in [5.74, 6) is 5.73. The molecule has 0 saturated carbocycles. The van der Waals surface area contributed by atoms with Gasteiger partial charge < -0.3 is 0 Å². The minimum atomic E-state index is -0.160. The summed E-state index contributed by atoms with van der Waals surface area (Å²) < 4.78 is 0. The molecule has 0 aliphatic carbocycles. The SMILES string of the molecule is NNC(c1ccc(Cl)nc1)c1cccc2ccncc12. The summed E-state index contributed by atoms with van der Waals surface area (Å²) in [5, 5.41) is 2.65. The van der Waals surface area contributed by atoms with E-state index in [9.17, 15) is 0 Å². The number of pyridine rings is 2. The summed E-state index contributed by atoms with van der Waals surface area (Å²) in [6.07, 6.45) is 5.35. The highest BCUT2D eigenvalue weighted by Crippen LogP contribution is 2.28. The van der Waals surface area contributed by atoms with Crippen LogP contribution in [-0.2, 0) is 0 Å². The first kappa shape index (κ1) is 13.0. The quantitative estimate of drug-likeness (QED) is 0.441. The molecule has 0 aliphatic rings. The van der Waals surface area contributed by atoms with Gasteiger partial charge in [0.2, 0.25) is 0 Å². The van der Waals surface area contributed by atoms with Crippen LogP contribution in [0.15, 0.2) is 55.0 Å². The molecule has 0 radical (unpaired) electrons. The topological polar surface area (TPSA) is 63.8 Å². The molecule has 1 aromatic carbocycles. The minimum Gasteiger partial charge on any atom is -0.271 e. The summed E-state index contributed by atoms with van der Waals surface area (Å²) >= 11 is 5.83. The van der Waals surface area contributed by atoms with Gasteiger partial charge in [-0.15, -0.1) is 0 Å². The maximum atomic E-state index is 5.83. The van der Waals surface area contributed by atoms with E-state index in [0.717, 1.165) is 21.9 Å². The lowest BCUT2D eigenvalue weighted by Crippen LogP contribution is -2.29. The second kappa shape index (κ2) is 5.54. The summed E-state index contributed by atoms with van der Waals surface area (Å²) in [4.78, 5) is 8.30. The van der Waals surface area contributed by atoms with E-state index in [4.69, 9.17) is 17.4 Å². The lowest BCUT2D eigenvalue weighted by molar-refractivity contribution is 0.638. The standard InChI is InChI=1S/C15H13ClN4/c16-14-5-4-11(8-19-14)15(20-17)12-3-1-2-10-6-7-18-9-13(10)12/h1-9,15,20H,17H2. The van der Waals surface area contributed by atoms with Gasteiger partial charge in [0, 0.05) is 24.0 Å². The molecule has 0 spiro atoms. The number of hydrazine groups is 1. The van der Waals surface area contributed by atoms with E-state index in [1.54, 1.807) is 18.5 Å². The molecule has 3 N–H and O–H groups in total.